The summed E-state index contributed by atoms with van der Waals surface area (Å²) in [6.45, 7) is 9.21. The Hall–Kier alpha value is -1.09. The summed E-state index contributed by atoms with van der Waals surface area (Å²) in [5.74, 6) is 0. The second-order valence-corrected chi connectivity index (χ2v) is 3.75. The lowest BCUT2D eigenvalue weighted by molar-refractivity contribution is 0.721. The summed E-state index contributed by atoms with van der Waals surface area (Å²) in [6.07, 6.45) is 1.97. The molecule has 1 rings (SSSR count). The topological polar surface area (TPSA) is 28.2 Å². The van der Waals surface area contributed by atoms with Crippen LogP contribution in [0.5, 0.6) is 0 Å². The molecule has 0 fully saturated rings. The number of nitrogens with zero attached hydrogens (tertiary/aromatic N) is 2. The van der Waals surface area contributed by atoms with Crippen LogP contribution >= 0.6 is 0 Å². The molecule has 0 aromatic carbocycles. The van der Waals surface area contributed by atoms with Crippen LogP contribution in [0.1, 0.15) is 25.1 Å². The third kappa shape index (κ3) is 3.20. The van der Waals surface area contributed by atoms with Crippen LogP contribution in [0.15, 0.2) is 12.3 Å². The van der Waals surface area contributed by atoms with Crippen molar-refractivity contribution in [3.63, 3.8) is 0 Å². The fourth-order valence-corrected chi connectivity index (χ4v) is 1.50. The van der Waals surface area contributed by atoms with Crippen LogP contribution in [0.2, 0.25) is 0 Å². The molecular weight excluding hydrogens is 186 g/mol. The van der Waals surface area contributed by atoms with Crippen molar-refractivity contribution in [2.45, 2.75) is 27.3 Å². The normalized spacial score (nSPS) is 10.4. The van der Waals surface area contributed by atoms with E-state index >= 15 is 0 Å². The molecule has 84 valence electrons. The van der Waals surface area contributed by atoms with Crippen molar-refractivity contribution in [3.05, 3.63) is 23.5 Å². The van der Waals surface area contributed by atoms with Crippen molar-refractivity contribution in [1.29, 1.82) is 0 Å². The lowest BCUT2D eigenvalue weighted by Gasteiger charge is -2.21. The molecule has 1 aromatic heterocycles. The monoisotopic (exact) mass is 207 g/mol. The Labute approximate surface area is 92.5 Å². The number of hydrogen-bond donors (Lipinski definition) is 1. The second kappa shape index (κ2) is 5.71. The van der Waals surface area contributed by atoms with Gasteiger partial charge in [-0.2, -0.15) is 0 Å². The molecule has 1 heterocycles. The van der Waals surface area contributed by atoms with E-state index in [1.807, 2.05) is 13.1 Å². The third-order valence-corrected chi connectivity index (χ3v) is 2.55. The average Bonchev–Trinajstić information content (AvgIpc) is 2.26. The van der Waals surface area contributed by atoms with Gasteiger partial charge < -0.3 is 10.2 Å². The molecule has 1 aromatic rings. The summed E-state index contributed by atoms with van der Waals surface area (Å²) in [7, 11) is 2.12. The molecule has 0 aliphatic heterocycles. The van der Waals surface area contributed by atoms with Gasteiger partial charge in [0.25, 0.3) is 0 Å². The summed E-state index contributed by atoms with van der Waals surface area (Å²) in [5.41, 5.74) is 3.63. The zero-order valence-corrected chi connectivity index (χ0v) is 10.2. The Morgan fingerprint density at radius 2 is 2.13 bits per heavy atom. The summed E-state index contributed by atoms with van der Waals surface area (Å²) in [4.78, 5) is 6.59. The van der Waals surface area contributed by atoms with Crippen LogP contribution < -0.4 is 10.2 Å². The minimum absolute atomic E-state index is 0.892. The van der Waals surface area contributed by atoms with E-state index < -0.39 is 0 Å². The van der Waals surface area contributed by atoms with Crippen LogP contribution in [-0.2, 0) is 6.54 Å². The zero-order chi connectivity index (χ0) is 11.3. The SMILES string of the molecule is CCNCc1cnc(C)cc1N(C)CC. The standard InChI is InChI=1S/C12H21N3/c1-5-13-8-11-9-14-10(3)7-12(11)15(4)6-2/h7,9,13H,5-6,8H2,1-4H3. The van der Waals surface area contributed by atoms with E-state index in [9.17, 15) is 0 Å². The third-order valence-electron chi connectivity index (χ3n) is 2.55. The second-order valence-electron chi connectivity index (χ2n) is 3.75. The highest BCUT2D eigenvalue weighted by atomic mass is 15.1. The van der Waals surface area contributed by atoms with Gasteiger partial charge in [-0.1, -0.05) is 6.92 Å². The number of nitrogens with one attached hydrogen (secondary N) is 1. The molecule has 0 spiro atoms. The van der Waals surface area contributed by atoms with E-state index in [1.165, 1.54) is 11.3 Å². The molecule has 1 N–H and O–H groups in total. The fourth-order valence-electron chi connectivity index (χ4n) is 1.50. The number of aromatic nitrogens is 1. The molecule has 0 aliphatic rings. The molecule has 0 saturated heterocycles. The lowest BCUT2D eigenvalue weighted by Crippen LogP contribution is -2.21. The Kier molecular flexibility index (Phi) is 4.56. The maximum absolute atomic E-state index is 4.34. The summed E-state index contributed by atoms with van der Waals surface area (Å²) >= 11 is 0. The average molecular weight is 207 g/mol. The number of anilines is 1. The number of hydrogen-bond acceptors (Lipinski definition) is 3. The van der Waals surface area contributed by atoms with E-state index in [0.717, 1.165) is 25.3 Å². The number of rotatable bonds is 5. The first kappa shape index (κ1) is 12.0. The van der Waals surface area contributed by atoms with E-state index in [1.54, 1.807) is 0 Å². The van der Waals surface area contributed by atoms with Crippen molar-refractivity contribution in [3.8, 4) is 0 Å². The van der Waals surface area contributed by atoms with E-state index in [2.05, 4.69) is 42.2 Å². The molecule has 0 saturated carbocycles. The van der Waals surface area contributed by atoms with Gasteiger partial charge >= 0.3 is 0 Å². The Morgan fingerprint density at radius 3 is 2.73 bits per heavy atom. The first-order chi connectivity index (χ1) is 7.19. The van der Waals surface area contributed by atoms with Gasteiger partial charge in [0.15, 0.2) is 0 Å². The van der Waals surface area contributed by atoms with Crippen LogP contribution in [0.4, 0.5) is 5.69 Å². The van der Waals surface area contributed by atoms with Crippen molar-refractivity contribution in [2.24, 2.45) is 0 Å². The summed E-state index contributed by atoms with van der Waals surface area (Å²) in [6, 6.07) is 2.15. The fraction of sp³-hybridized carbons (Fsp3) is 0.583. The van der Waals surface area contributed by atoms with Crippen LogP contribution in [0.3, 0.4) is 0 Å². The predicted molar refractivity (Wildman–Crippen MR) is 65.3 cm³/mol. The highest BCUT2D eigenvalue weighted by Crippen LogP contribution is 2.19. The van der Waals surface area contributed by atoms with Crippen molar-refractivity contribution in [1.82, 2.24) is 10.3 Å². The van der Waals surface area contributed by atoms with Crippen molar-refractivity contribution >= 4 is 5.69 Å². The van der Waals surface area contributed by atoms with E-state index in [-0.39, 0.29) is 0 Å². The molecule has 15 heavy (non-hydrogen) atoms. The molecule has 0 amide bonds. The molecule has 3 heteroatoms. The lowest BCUT2D eigenvalue weighted by atomic mass is 10.2. The Balaban J connectivity index is 2.92. The van der Waals surface area contributed by atoms with Crippen LogP contribution in [-0.4, -0.2) is 25.1 Å². The van der Waals surface area contributed by atoms with Gasteiger partial charge in [-0.25, -0.2) is 0 Å². The first-order valence-corrected chi connectivity index (χ1v) is 5.56. The van der Waals surface area contributed by atoms with E-state index in [0.29, 0.717) is 0 Å². The quantitative estimate of drug-likeness (QED) is 0.800. The van der Waals surface area contributed by atoms with Crippen molar-refractivity contribution < 1.29 is 0 Å². The molecule has 0 atom stereocenters. The largest absolute Gasteiger partial charge is 0.375 e. The molecule has 0 bridgehead atoms. The zero-order valence-electron chi connectivity index (χ0n) is 10.2. The first-order valence-electron chi connectivity index (χ1n) is 5.56. The number of aryl methyl sites for hydroxylation is 1. The van der Waals surface area contributed by atoms with Gasteiger partial charge in [0.1, 0.15) is 0 Å². The maximum Gasteiger partial charge on any atom is 0.0442 e. The van der Waals surface area contributed by atoms with Gasteiger partial charge in [-0.05, 0) is 26.5 Å². The number of pyridine rings is 1. The predicted octanol–water partition coefficient (Wildman–Crippen LogP) is 1.96. The minimum atomic E-state index is 0.892. The van der Waals surface area contributed by atoms with Gasteiger partial charge in [0, 0.05) is 43.3 Å². The molecule has 0 unspecified atom stereocenters. The highest BCUT2D eigenvalue weighted by Gasteiger charge is 2.06. The Morgan fingerprint density at radius 1 is 1.40 bits per heavy atom. The van der Waals surface area contributed by atoms with Crippen LogP contribution in [0, 0.1) is 6.92 Å². The van der Waals surface area contributed by atoms with E-state index in [4.69, 9.17) is 0 Å². The molecule has 0 aliphatic carbocycles. The maximum atomic E-state index is 4.34. The van der Waals surface area contributed by atoms with Gasteiger partial charge in [-0.15, -0.1) is 0 Å². The summed E-state index contributed by atoms with van der Waals surface area (Å²) in [5, 5.41) is 3.34. The molecular formula is C12H21N3. The van der Waals surface area contributed by atoms with Gasteiger partial charge in [-0.3, -0.25) is 4.98 Å². The summed E-state index contributed by atoms with van der Waals surface area (Å²) < 4.78 is 0. The minimum Gasteiger partial charge on any atom is -0.375 e. The van der Waals surface area contributed by atoms with Crippen LogP contribution in [0.25, 0.3) is 0 Å². The smallest absolute Gasteiger partial charge is 0.0442 e. The van der Waals surface area contributed by atoms with Gasteiger partial charge in [0.2, 0.25) is 0 Å². The molecule has 0 radical (unpaired) electrons. The Bertz CT molecular complexity index is 310. The molecule has 3 nitrogen and oxygen atoms in total. The van der Waals surface area contributed by atoms with Gasteiger partial charge in [0.05, 0.1) is 0 Å². The highest BCUT2D eigenvalue weighted by molar-refractivity contribution is 5.52. The van der Waals surface area contributed by atoms with Crippen molar-refractivity contribution in [2.75, 3.05) is 25.0 Å².